The molecule has 1 aromatic carbocycles. The SMILES string of the molecule is NC(=NCC(O)COc1ccc(I)cc1)N1CCOCC1. The van der Waals surface area contributed by atoms with E-state index in [4.69, 9.17) is 15.2 Å². The van der Waals surface area contributed by atoms with E-state index in [2.05, 4.69) is 27.6 Å². The lowest BCUT2D eigenvalue weighted by Gasteiger charge is -2.27. The van der Waals surface area contributed by atoms with Crippen LogP contribution in [0.15, 0.2) is 29.3 Å². The Bertz CT molecular complexity index is 461. The third kappa shape index (κ3) is 5.68. The van der Waals surface area contributed by atoms with E-state index < -0.39 is 6.10 Å². The molecule has 3 N–H and O–H groups in total. The zero-order valence-corrected chi connectivity index (χ0v) is 13.9. The first-order valence-electron chi connectivity index (χ1n) is 6.84. The van der Waals surface area contributed by atoms with E-state index in [-0.39, 0.29) is 13.2 Å². The van der Waals surface area contributed by atoms with Crippen molar-refractivity contribution in [3.05, 3.63) is 27.8 Å². The summed E-state index contributed by atoms with van der Waals surface area (Å²) in [6, 6.07) is 7.66. The fourth-order valence-electron chi connectivity index (χ4n) is 1.87. The third-order valence-corrected chi connectivity index (χ3v) is 3.77. The molecule has 0 radical (unpaired) electrons. The second kappa shape index (κ2) is 8.40. The molecule has 1 aliphatic heterocycles. The van der Waals surface area contributed by atoms with Gasteiger partial charge in [-0.2, -0.15) is 0 Å². The Kier molecular flexibility index (Phi) is 6.52. The molecule has 0 amide bonds. The average Bonchev–Trinajstić information content (AvgIpc) is 2.53. The molecule has 1 saturated heterocycles. The van der Waals surface area contributed by atoms with Gasteiger partial charge in [0.1, 0.15) is 18.5 Å². The highest BCUT2D eigenvalue weighted by Gasteiger charge is 2.13. The molecule has 0 saturated carbocycles. The minimum atomic E-state index is -0.677. The van der Waals surface area contributed by atoms with Crippen molar-refractivity contribution in [3.8, 4) is 5.75 Å². The molecule has 1 aliphatic rings. The quantitative estimate of drug-likeness (QED) is 0.428. The van der Waals surface area contributed by atoms with Crippen LogP contribution in [0.25, 0.3) is 0 Å². The van der Waals surface area contributed by atoms with Crippen molar-refractivity contribution in [2.75, 3.05) is 39.5 Å². The van der Waals surface area contributed by atoms with Crippen molar-refractivity contribution < 1.29 is 14.6 Å². The molecular weight excluding hydrogens is 385 g/mol. The summed E-state index contributed by atoms with van der Waals surface area (Å²) >= 11 is 2.23. The maximum atomic E-state index is 9.88. The van der Waals surface area contributed by atoms with Gasteiger partial charge in [0.05, 0.1) is 19.8 Å². The van der Waals surface area contributed by atoms with Crippen LogP contribution >= 0.6 is 22.6 Å². The van der Waals surface area contributed by atoms with E-state index in [1.807, 2.05) is 29.2 Å². The average molecular weight is 405 g/mol. The molecule has 0 aromatic heterocycles. The van der Waals surface area contributed by atoms with Gasteiger partial charge in [0, 0.05) is 16.7 Å². The molecule has 0 spiro atoms. The van der Waals surface area contributed by atoms with Crippen LogP contribution in [0.2, 0.25) is 0 Å². The Morgan fingerprint density at radius 3 is 2.71 bits per heavy atom. The van der Waals surface area contributed by atoms with E-state index in [0.29, 0.717) is 19.2 Å². The van der Waals surface area contributed by atoms with Crippen LogP contribution < -0.4 is 10.5 Å². The number of halogens is 1. The van der Waals surface area contributed by atoms with Crippen molar-refractivity contribution in [1.29, 1.82) is 0 Å². The van der Waals surface area contributed by atoms with Gasteiger partial charge in [-0.1, -0.05) is 0 Å². The predicted octanol–water partition coefficient (Wildman–Crippen LogP) is 0.678. The summed E-state index contributed by atoms with van der Waals surface area (Å²) in [7, 11) is 0. The van der Waals surface area contributed by atoms with Gasteiger partial charge >= 0.3 is 0 Å². The number of nitrogens with two attached hydrogens (primary N) is 1. The summed E-state index contributed by atoms with van der Waals surface area (Å²) in [6.07, 6.45) is -0.677. The summed E-state index contributed by atoms with van der Waals surface area (Å²) in [4.78, 5) is 6.16. The van der Waals surface area contributed by atoms with Crippen LogP contribution in [-0.2, 0) is 4.74 Å². The number of rotatable bonds is 5. The Hall–Kier alpha value is -1.06. The van der Waals surface area contributed by atoms with Crippen molar-refractivity contribution >= 4 is 28.6 Å². The minimum absolute atomic E-state index is 0.195. The van der Waals surface area contributed by atoms with E-state index in [1.165, 1.54) is 0 Å². The van der Waals surface area contributed by atoms with Gasteiger partial charge in [-0.3, -0.25) is 4.99 Å². The molecule has 1 heterocycles. The van der Waals surface area contributed by atoms with Gasteiger partial charge in [0.15, 0.2) is 5.96 Å². The lowest BCUT2D eigenvalue weighted by Crippen LogP contribution is -2.45. The second-order valence-corrected chi connectivity index (χ2v) is 5.96. The molecule has 1 fully saturated rings. The van der Waals surface area contributed by atoms with Gasteiger partial charge in [-0.25, -0.2) is 0 Å². The maximum absolute atomic E-state index is 9.88. The minimum Gasteiger partial charge on any atom is -0.491 e. The monoisotopic (exact) mass is 405 g/mol. The summed E-state index contributed by atoms with van der Waals surface area (Å²) in [5, 5.41) is 9.88. The van der Waals surface area contributed by atoms with Crippen molar-refractivity contribution in [1.82, 2.24) is 4.90 Å². The first-order valence-corrected chi connectivity index (χ1v) is 7.92. The highest BCUT2D eigenvalue weighted by molar-refractivity contribution is 14.1. The Morgan fingerprint density at radius 2 is 2.05 bits per heavy atom. The summed E-state index contributed by atoms with van der Waals surface area (Å²) in [5.41, 5.74) is 5.89. The Morgan fingerprint density at radius 1 is 1.38 bits per heavy atom. The first-order chi connectivity index (χ1) is 10.1. The zero-order chi connectivity index (χ0) is 15.1. The normalized spacial score (nSPS) is 17.6. The molecule has 0 bridgehead atoms. The number of aliphatic imine (C=N–C) groups is 1. The topological polar surface area (TPSA) is 80.3 Å². The van der Waals surface area contributed by atoms with Gasteiger partial charge in [-0.05, 0) is 46.9 Å². The van der Waals surface area contributed by atoms with E-state index >= 15 is 0 Å². The molecule has 2 rings (SSSR count). The third-order valence-electron chi connectivity index (χ3n) is 3.06. The Labute approximate surface area is 138 Å². The summed E-state index contributed by atoms with van der Waals surface area (Å²) in [6.45, 7) is 3.23. The fraction of sp³-hybridized carbons (Fsp3) is 0.500. The zero-order valence-electron chi connectivity index (χ0n) is 11.7. The highest BCUT2D eigenvalue weighted by Crippen LogP contribution is 2.13. The summed E-state index contributed by atoms with van der Waals surface area (Å²) < 4.78 is 11.9. The van der Waals surface area contributed by atoms with Crippen molar-refractivity contribution in [3.63, 3.8) is 0 Å². The van der Waals surface area contributed by atoms with Gasteiger partial charge in [0.2, 0.25) is 0 Å². The van der Waals surface area contributed by atoms with E-state index in [9.17, 15) is 5.11 Å². The van der Waals surface area contributed by atoms with Crippen molar-refractivity contribution in [2.24, 2.45) is 10.7 Å². The molecule has 1 atom stereocenters. The first kappa shape index (κ1) is 16.3. The fourth-order valence-corrected chi connectivity index (χ4v) is 2.23. The maximum Gasteiger partial charge on any atom is 0.191 e. The van der Waals surface area contributed by atoms with Gasteiger partial charge < -0.3 is 25.2 Å². The molecular formula is C14H20IN3O3. The number of morpholine rings is 1. The van der Waals surface area contributed by atoms with Crippen LogP contribution in [0, 0.1) is 3.57 Å². The number of benzene rings is 1. The standard InChI is InChI=1S/C14H20IN3O3/c15-11-1-3-13(4-2-11)21-10-12(19)9-17-14(16)18-5-7-20-8-6-18/h1-4,12,19H,5-10H2,(H2,16,17). The molecule has 6 nitrogen and oxygen atoms in total. The molecule has 21 heavy (non-hydrogen) atoms. The highest BCUT2D eigenvalue weighted by atomic mass is 127. The Balaban J connectivity index is 1.73. The lowest BCUT2D eigenvalue weighted by atomic mass is 10.3. The molecule has 7 heteroatoms. The number of aliphatic hydroxyl groups excluding tert-OH is 1. The lowest BCUT2D eigenvalue weighted by molar-refractivity contribution is 0.0670. The van der Waals surface area contributed by atoms with Crippen LogP contribution in [0.1, 0.15) is 0 Å². The number of ether oxygens (including phenoxy) is 2. The molecule has 116 valence electrons. The number of aliphatic hydroxyl groups is 1. The van der Waals surface area contributed by atoms with Gasteiger partial charge in [-0.15, -0.1) is 0 Å². The van der Waals surface area contributed by atoms with Crippen LogP contribution in [-0.4, -0.2) is 61.5 Å². The van der Waals surface area contributed by atoms with Crippen LogP contribution in [0.5, 0.6) is 5.75 Å². The molecule has 0 aliphatic carbocycles. The smallest absolute Gasteiger partial charge is 0.191 e. The van der Waals surface area contributed by atoms with E-state index in [1.54, 1.807) is 0 Å². The number of guanidine groups is 1. The van der Waals surface area contributed by atoms with Crippen LogP contribution in [0.4, 0.5) is 0 Å². The van der Waals surface area contributed by atoms with Crippen molar-refractivity contribution in [2.45, 2.75) is 6.10 Å². The number of hydrogen-bond donors (Lipinski definition) is 2. The van der Waals surface area contributed by atoms with Gasteiger partial charge in [0.25, 0.3) is 0 Å². The second-order valence-electron chi connectivity index (χ2n) is 4.72. The molecule has 1 aromatic rings. The predicted molar refractivity (Wildman–Crippen MR) is 89.5 cm³/mol. The number of nitrogens with zero attached hydrogens (tertiary/aromatic N) is 2. The largest absolute Gasteiger partial charge is 0.491 e. The van der Waals surface area contributed by atoms with E-state index in [0.717, 1.165) is 22.4 Å². The van der Waals surface area contributed by atoms with Crippen LogP contribution in [0.3, 0.4) is 0 Å². The molecule has 1 unspecified atom stereocenters. The summed E-state index contributed by atoms with van der Waals surface area (Å²) in [5.74, 6) is 1.19. The number of hydrogen-bond acceptors (Lipinski definition) is 4.